The van der Waals surface area contributed by atoms with Crippen molar-refractivity contribution < 1.29 is 0 Å². The fourth-order valence-corrected chi connectivity index (χ4v) is 1.07. The Morgan fingerprint density at radius 2 is 2.43 bits per heavy atom. The van der Waals surface area contributed by atoms with Crippen molar-refractivity contribution in [3.8, 4) is 0 Å². The van der Waals surface area contributed by atoms with E-state index in [1.165, 1.54) is 4.91 Å². The van der Waals surface area contributed by atoms with Crippen molar-refractivity contribution in [3.05, 3.63) is 10.4 Å². The van der Waals surface area contributed by atoms with Crippen LogP contribution < -0.4 is 0 Å². The summed E-state index contributed by atoms with van der Waals surface area (Å²) in [7, 11) is 0. The van der Waals surface area contributed by atoms with Crippen LogP contribution in [-0.2, 0) is 0 Å². The fraction of sp³-hybridized carbons (Fsp3) is 0.600. The van der Waals surface area contributed by atoms with Gasteiger partial charge in [-0.05, 0) is 17.6 Å². The summed E-state index contributed by atoms with van der Waals surface area (Å²) in [4.78, 5) is 1.24. The molecule has 0 saturated heterocycles. The zero-order valence-electron chi connectivity index (χ0n) is 4.57. The fourth-order valence-electron chi connectivity index (χ4n) is 0.266. The van der Waals surface area contributed by atoms with Crippen LogP contribution in [0.5, 0.6) is 0 Å². The summed E-state index contributed by atoms with van der Waals surface area (Å²) in [6, 6.07) is 0. The molecule has 0 radical (unpaired) electrons. The summed E-state index contributed by atoms with van der Waals surface area (Å²) in [6.45, 7) is 2.09. The molecule has 0 atom stereocenters. The van der Waals surface area contributed by atoms with E-state index < -0.39 is 0 Å². The third kappa shape index (κ3) is 3.01. The number of allylic oxidation sites excluding steroid dienone is 1. The average molecular weight is 137 g/mol. The molecule has 0 fully saturated rings. The van der Waals surface area contributed by atoms with E-state index in [1.54, 1.807) is 17.3 Å². The molecule has 0 nitrogen and oxygen atoms in total. The minimum atomic E-state index is 1.05. The zero-order valence-corrected chi connectivity index (χ0v) is 6.14. The Morgan fingerprint density at radius 3 is 2.43 bits per heavy atom. The highest BCUT2D eigenvalue weighted by molar-refractivity contribution is 8.02. The Morgan fingerprint density at radius 1 is 1.86 bits per heavy atom. The molecule has 0 heterocycles. The van der Waals surface area contributed by atoms with Gasteiger partial charge in [0.2, 0.25) is 0 Å². The first kappa shape index (κ1) is 7.38. The number of halogens is 1. The van der Waals surface area contributed by atoms with Gasteiger partial charge in [-0.25, -0.2) is 0 Å². The van der Waals surface area contributed by atoms with Crippen molar-refractivity contribution in [2.45, 2.75) is 13.3 Å². The average Bonchev–Trinajstić information content (AvgIpc) is 1.72. The predicted molar refractivity (Wildman–Crippen MR) is 37.7 cm³/mol. The van der Waals surface area contributed by atoms with Crippen molar-refractivity contribution in [1.29, 1.82) is 0 Å². The SMILES string of the molecule is CC/C(=C\Cl)SC. The number of hydrogen-bond acceptors (Lipinski definition) is 1. The van der Waals surface area contributed by atoms with Crippen molar-refractivity contribution in [1.82, 2.24) is 0 Å². The van der Waals surface area contributed by atoms with Gasteiger partial charge in [-0.2, -0.15) is 0 Å². The minimum absolute atomic E-state index is 1.05. The van der Waals surface area contributed by atoms with Crippen LogP contribution >= 0.6 is 23.4 Å². The van der Waals surface area contributed by atoms with Gasteiger partial charge in [0.05, 0.1) is 0 Å². The van der Waals surface area contributed by atoms with E-state index in [0.717, 1.165) is 6.42 Å². The summed E-state index contributed by atoms with van der Waals surface area (Å²) in [6.07, 6.45) is 3.07. The molecule has 7 heavy (non-hydrogen) atoms. The largest absolute Gasteiger partial charge is 0.133 e. The van der Waals surface area contributed by atoms with Crippen molar-refractivity contribution in [2.75, 3.05) is 6.26 Å². The van der Waals surface area contributed by atoms with Crippen LogP contribution in [-0.4, -0.2) is 6.26 Å². The lowest BCUT2D eigenvalue weighted by Gasteiger charge is -1.91. The second kappa shape index (κ2) is 4.54. The van der Waals surface area contributed by atoms with Gasteiger partial charge in [-0.3, -0.25) is 0 Å². The molecule has 0 aliphatic heterocycles. The van der Waals surface area contributed by atoms with Crippen LogP contribution in [0.4, 0.5) is 0 Å². The number of thioether (sulfide) groups is 1. The van der Waals surface area contributed by atoms with Gasteiger partial charge >= 0.3 is 0 Å². The van der Waals surface area contributed by atoms with Crippen LogP contribution in [0.25, 0.3) is 0 Å². The molecule has 0 aliphatic carbocycles. The summed E-state index contributed by atoms with van der Waals surface area (Å²) in [5, 5.41) is 0. The molecule has 0 amide bonds. The Labute approximate surface area is 53.9 Å². The maximum absolute atomic E-state index is 5.38. The molecule has 0 spiro atoms. The van der Waals surface area contributed by atoms with Crippen LogP contribution in [0.15, 0.2) is 10.4 Å². The molecular weight excluding hydrogens is 128 g/mol. The molecular formula is C5H9ClS. The monoisotopic (exact) mass is 136 g/mol. The smallest absolute Gasteiger partial charge is 0.0137 e. The van der Waals surface area contributed by atoms with Gasteiger partial charge in [0.15, 0.2) is 0 Å². The maximum Gasteiger partial charge on any atom is 0.0137 e. The molecule has 0 unspecified atom stereocenters. The molecule has 42 valence electrons. The molecule has 0 rings (SSSR count). The first-order valence-corrected chi connectivity index (χ1v) is 3.84. The second-order valence-electron chi connectivity index (χ2n) is 1.13. The van der Waals surface area contributed by atoms with Crippen LogP contribution in [0.1, 0.15) is 13.3 Å². The standard InChI is InChI=1S/C5H9ClS/c1-3-5(4-6)7-2/h4H,3H2,1-2H3/b5-4+. The first-order valence-electron chi connectivity index (χ1n) is 2.18. The second-order valence-corrected chi connectivity index (χ2v) is 2.28. The Kier molecular flexibility index (Phi) is 4.78. The van der Waals surface area contributed by atoms with E-state index >= 15 is 0 Å². The van der Waals surface area contributed by atoms with E-state index in [0.29, 0.717) is 0 Å². The third-order valence-corrected chi connectivity index (χ3v) is 2.06. The van der Waals surface area contributed by atoms with Crippen molar-refractivity contribution in [2.24, 2.45) is 0 Å². The molecule has 0 aliphatic rings. The Bertz CT molecular complexity index is 62.5. The van der Waals surface area contributed by atoms with Crippen molar-refractivity contribution in [3.63, 3.8) is 0 Å². The molecule has 0 aromatic carbocycles. The lowest BCUT2D eigenvalue weighted by molar-refractivity contribution is 1.21. The highest BCUT2D eigenvalue weighted by Crippen LogP contribution is 2.15. The summed E-state index contributed by atoms with van der Waals surface area (Å²) < 4.78 is 0. The van der Waals surface area contributed by atoms with Crippen LogP contribution in [0.2, 0.25) is 0 Å². The van der Waals surface area contributed by atoms with E-state index in [1.807, 2.05) is 6.26 Å². The lowest BCUT2D eigenvalue weighted by atomic mass is 10.5. The quantitative estimate of drug-likeness (QED) is 0.563. The number of rotatable bonds is 2. The van der Waals surface area contributed by atoms with Crippen molar-refractivity contribution >= 4 is 23.4 Å². The van der Waals surface area contributed by atoms with Gasteiger partial charge in [0, 0.05) is 5.54 Å². The number of hydrogen-bond donors (Lipinski definition) is 0. The van der Waals surface area contributed by atoms with E-state index in [-0.39, 0.29) is 0 Å². The molecule has 0 saturated carbocycles. The Hall–Kier alpha value is 0.380. The summed E-state index contributed by atoms with van der Waals surface area (Å²) >= 11 is 7.08. The van der Waals surface area contributed by atoms with Gasteiger partial charge in [0.25, 0.3) is 0 Å². The topological polar surface area (TPSA) is 0 Å². The molecule has 0 aromatic rings. The van der Waals surface area contributed by atoms with Gasteiger partial charge < -0.3 is 0 Å². The van der Waals surface area contributed by atoms with Crippen LogP contribution in [0, 0.1) is 0 Å². The highest BCUT2D eigenvalue weighted by Gasteiger charge is 1.84. The summed E-state index contributed by atoms with van der Waals surface area (Å²) in [5.74, 6) is 0. The zero-order chi connectivity index (χ0) is 5.70. The predicted octanol–water partition coefficient (Wildman–Crippen LogP) is 2.84. The van der Waals surface area contributed by atoms with E-state index in [2.05, 4.69) is 6.92 Å². The molecule has 2 heteroatoms. The molecule has 0 N–H and O–H groups in total. The minimum Gasteiger partial charge on any atom is -0.133 e. The lowest BCUT2D eigenvalue weighted by Crippen LogP contribution is -1.64. The third-order valence-electron chi connectivity index (χ3n) is 0.732. The normalized spacial score (nSPS) is 12.1. The van der Waals surface area contributed by atoms with E-state index in [4.69, 9.17) is 11.6 Å². The molecule has 0 bridgehead atoms. The van der Waals surface area contributed by atoms with Gasteiger partial charge in [0.1, 0.15) is 0 Å². The first-order chi connectivity index (χ1) is 3.35. The summed E-state index contributed by atoms with van der Waals surface area (Å²) in [5.41, 5.74) is 1.63. The molecule has 0 aromatic heterocycles. The Balaban J connectivity index is 3.38. The van der Waals surface area contributed by atoms with Gasteiger partial charge in [-0.1, -0.05) is 18.5 Å². The maximum atomic E-state index is 5.38. The van der Waals surface area contributed by atoms with Crippen LogP contribution in [0.3, 0.4) is 0 Å². The van der Waals surface area contributed by atoms with Gasteiger partial charge in [-0.15, -0.1) is 11.8 Å². The van der Waals surface area contributed by atoms with E-state index in [9.17, 15) is 0 Å². The highest BCUT2D eigenvalue weighted by atomic mass is 35.5.